The van der Waals surface area contributed by atoms with Gasteiger partial charge in [0.2, 0.25) is 0 Å². The van der Waals surface area contributed by atoms with E-state index in [0.717, 1.165) is 19.3 Å². The second kappa shape index (κ2) is 10.8. The minimum Gasteiger partial charge on any atom is -0.486 e. The van der Waals surface area contributed by atoms with Gasteiger partial charge < -0.3 is 19.3 Å². The van der Waals surface area contributed by atoms with E-state index < -0.39 is 0 Å². The van der Waals surface area contributed by atoms with Crippen molar-refractivity contribution in [2.45, 2.75) is 25.3 Å². The Kier molecular flexibility index (Phi) is 7.16. The molecule has 2 aliphatic heterocycles. The zero-order chi connectivity index (χ0) is 24.9. The van der Waals surface area contributed by atoms with Crippen molar-refractivity contribution in [3.05, 3.63) is 89.7 Å². The molecule has 0 N–H and O–H groups in total. The van der Waals surface area contributed by atoms with Gasteiger partial charge in [0.1, 0.15) is 18.9 Å². The van der Waals surface area contributed by atoms with Gasteiger partial charge >= 0.3 is 0 Å². The van der Waals surface area contributed by atoms with Crippen molar-refractivity contribution >= 4 is 11.8 Å². The molecule has 5 rings (SSSR count). The number of carbonyl (C=O) groups excluding carboxylic acids is 2. The maximum atomic E-state index is 13.3. The third-order valence-electron chi connectivity index (χ3n) is 7.15. The van der Waals surface area contributed by atoms with Gasteiger partial charge in [-0.05, 0) is 61.1 Å². The normalized spacial score (nSPS) is 16.3. The standard InChI is InChI=1S/C29H31N3O4/c1-31(29(34)24-9-5-6-14-30-24)25(19-21-7-3-2-4-8-21)22-12-15-32(16-13-22)28(33)23-10-11-26-27(20-23)36-18-17-35-26/h2-11,14,20,22,25H,12-13,15-19H2,1H3. The van der Waals surface area contributed by atoms with Crippen molar-refractivity contribution in [3.8, 4) is 11.5 Å². The molecule has 1 aromatic heterocycles. The first-order valence-corrected chi connectivity index (χ1v) is 12.5. The van der Waals surface area contributed by atoms with Gasteiger partial charge in [0.25, 0.3) is 11.8 Å². The molecule has 1 fully saturated rings. The summed E-state index contributed by atoms with van der Waals surface area (Å²) in [6.45, 7) is 2.31. The van der Waals surface area contributed by atoms with E-state index in [1.165, 1.54) is 5.56 Å². The maximum absolute atomic E-state index is 13.3. The van der Waals surface area contributed by atoms with Gasteiger partial charge in [-0.2, -0.15) is 0 Å². The first kappa shape index (κ1) is 23.9. The molecule has 7 nitrogen and oxygen atoms in total. The first-order chi connectivity index (χ1) is 17.6. The molecule has 2 amide bonds. The Balaban J connectivity index is 1.29. The van der Waals surface area contributed by atoms with E-state index in [1.807, 2.05) is 53.2 Å². The molecule has 2 aliphatic rings. The number of piperidine rings is 1. The largest absolute Gasteiger partial charge is 0.486 e. The Morgan fingerprint density at radius 3 is 2.42 bits per heavy atom. The predicted molar refractivity (Wildman–Crippen MR) is 136 cm³/mol. The average Bonchev–Trinajstić information content (AvgIpc) is 2.95. The summed E-state index contributed by atoms with van der Waals surface area (Å²) >= 11 is 0. The van der Waals surface area contributed by atoms with E-state index in [2.05, 4.69) is 17.1 Å². The molecule has 0 radical (unpaired) electrons. The van der Waals surface area contributed by atoms with Crippen LogP contribution in [-0.4, -0.2) is 66.0 Å². The quantitative estimate of drug-likeness (QED) is 0.526. The molecule has 1 unspecified atom stereocenters. The van der Waals surface area contributed by atoms with Gasteiger partial charge in [-0.15, -0.1) is 0 Å². The molecule has 3 heterocycles. The van der Waals surface area contributed by atoms with Gasteiger partial charge in [0.15, 0.2) is 11.5 Å². The highest BCUT2D eigenvalue weighted by Gasteiger charge is 2.33. The number of hydrogen-bond donors (Lipinski definition) is 0. The number of nitrogens with zero attached hydrogens (tertiary/aromatic N) is 3. The summed E-state index contributed by atoms with van der Waals surface area (Å²) in [5.41, 5.74) is 2.25. The molecule has 0 bridgehead atoms. The van der Waals surface area contributed by atoms with Gasteiger partial charge in [-0.25, -0.2) is 0 Å². The van der Waals surface area contributed by atoms with Crippen LogP contribution in [0.3, 0.4) is 0 Å². The maximum Gasteiger partial charge on any atom is 0.272 e. The molecule has 1 atom stereocenters. The number of fused-ring (bicyclic) bond motifs is 1. The predicted octanol–water partition coefficient (Wildman–Crippen LogP) is 4.09. The van der Waals surface area contributed by atoms with Crippen molar-refractivity contribution in [2.75, 3.05) is 33.4 Å². The molecule has 36 heavy (non-hydrogen) atoms. The van der Waals surface area contributed by atoms with Gasteiger partial charge in [0.05, 0.1) is 0 Å². The molecule has 3 aromatic rings. The van der Waals surface area contributed by atoms with Crippen molar-refractivity contribution in [2.24, 2.45) is 5.92 Å². The molecule has 2 aromatic carbocycles. The van der Waals surface area contributed by atoms with Gasteiger partial charge in [-0.1, -0.05) is 36.4 Å². The number of rotatable bonds is 6. The van der Waals surface area contributed by atoms with E-state index in [0.29, 0.717) is 49.1 Å². The van der Waals surface area contributed by atoms with Gasteiger partial charge in [0, 0.05) is 37.9 Å². The van der Waals surface area contributed by atoms with Crippen LogP contribution < -0.4 is 9.47 Å². The summed E-state index contributed by atoms with van der Waals surface area (Å²) < 4.78 is 11.2. The number of likely N-dealkylation sites (N-methyl/N-ethyl adjacent to an activating group) is 1. The topological polar surface area (TPSA) is 72.0 Å². The Hall–Kier alpha value is -3.87. The van der Waals surface area contributed by atoms with Crippen LogP contribution in [0.4, 0.5) is 0 Å². The molecule has 7 heteroatoms. The SMILES string of the molecule is CN(C(=O)c1ccccn1)C(Cc1ccccc1)C1CCN(C(=O)c2ccc3c(c2)OCCO3)CC1. The second-order valence-electron chi connectivity index (χ2n) is 9.38. The fourth-order valence-corrected chi connectivity index (χ4v) is 5.14. The highest BCUT2D eigenvalue weighted by molar-refractivity contribution is 5.95. The van der Waals surface area contributed by atoms with Crippen LogP contribution in [0.2, 0.25) is 0 Å². The molecule has 186 valence electrons. The van der Waals surface area contributed by atoms with Crippen molar-refractivity contribution in [1.82, 2.24) is 14.8 Å². The second-order valence-corrected chi connectivity index (χ2v) is 9.38. The number of ether oxygens (including phenoxy) is 2. The smallest absolute Gasteiger partial charge is 0.272 e. The van der Waals surface area contributed by atoms with Crippen molar-refractivity contribution < 1.29 is 19.1 Å². The van der Waals surface area contributed by atoms with E-state index in [4.69, 9.17) is 9.47 Å². The van der Waals surface area contributed by atoms with E-state index >= 15 is 0 Å². The lowest BCUT2D eigenvalue weighted by molar-refractivity contribution is 0.0519. The summed E-state index contributed by atoms with van der Waals surface area (Å²) in [5.74, 6) is 1.50. The number of likely N-dealkylation sites (tertiary alicyclic amines) is 1. The summed E-state index contributed by atoms with van der Waals surface area (Å²) in [7, 11) is 1.87. The molecule has 0 spiro atoms. The van der Waals surface area contributed by atoms with Crippen LogP contribution in [0.15, 0.2) is 72.9 Å². The monoisotopic (exact) mass is 485 g/mol. The van der Waals surface area contributed by atoms with Crippen LogP contribution in [0.1, 0.15) is 39.3 Å². The Bertz CT molecular complexity index is 1190. The highest BCUT2D eigenvalue weighted by Crippen LogP contribution is 2.32. The van der Waals surface area contributed by atoms with E-state index in [9.17, 15) is 9.59 Å². The van der Waals surface area contributed by atoms with Crippen LogP contribution in [0.25, 0.3) is 0 Å². The molecule has 1 saturated heterocycles. The van der Waals surface area contributed by atoms with Crippen LogP contribution in [0, 0.1) is 5.92 Å². The highest BCUT2D eigenvalue weighted by atomic mass is 16.6. The van der Waals surface area contributed by atoms with Crippen LogP contribution in [0.5, 0.6) is 11.5 Å². The third kappa shape index (κ3) is 5.20. The molecular weight excluding hydrogens is 454 g/mol. The number of aromatic nitrogens is 1. The van der Waals surface area contributed by atoms with Gasteiger partial charge in [-0.3, -0.25) is 14.6 Å². The summed E-state index contributed by atoms with van der Waals surface area (Å²) in [5, 5.41) is 0. The average molecular weight is 486 g/mol. The molecule has 0 aliphatic carbocycles. The van der Waals surface area contributed by atoms with Crippen LogP contribution >= 0.6 is 0 Å². The molecule has 0 saturated carbocycles. The summed E-state index contributed by atoms with van der Waals surface area (Å²) in [4.78, 5) is 34.5. The number of pyridine rings is 1. The van der Waals surface area contributed by atoms with Crippen molar-refractivity contribution in [1.29, 1.82) is 0 Å². The Labute approximate surface area is 211 Å². The number of amides is 2. The Morgan fingerprint density at radius 1 is 0.972 bits per heavy atom. The number of carbonyl (C=O) groups is 2. The first-order valence-electron chi connectivity index (χ1n) is 12.5. The zero-order valence-corrected chi connectivity index (χ0v) is 20.5. The van der Waals surface area contributed by atoms with Crippen LogP contribution in [-0.2, 0) is 6.42 Å². The summed E-state index contributed by atoms with van der Waals surface area (Å²) in [6, 6.07) is 21.1. The fraction of sp³-hybridized carbons (Fsp3) is 0.345. The number of hydrogen-bond acceptors (Lipinski definition) is 5. The lowest BCUT2D eigenvalue weighted by atomic mass is 9.84. The lowest BCUT2D eigenvalue weighted by Crippen LogP contribution is -2.48. The minimum absolute atomic E-state index is 0.00273. The third-order valence-corrected chi connectivity index (χ3v) is 7.15. The Morgan fingerprint density at radius 2 is 1.69 bits per heavy atom. The fourth-order valence-electron chi connectivity index (χ4n) is 5.14. The van der Waals surface area contributed by atoms with E-state index in [1.54, 1.807) is 24.4 Å². The van der Waals surface area contributed by atoms with E-state index in [-0.39, 0.29) is 23.8 Å². The molecular formula is C29H31N3O4. The van der Waals surface area contributed by atoms with Crippen molar-refractivity contribution in [3.63, 3.8) is 0 Å². The number of benzene rings is 2. The summed E-state index contributed by atoms with van der Waals surface area (Å²) in [6.07, 6.45) is 4.06. The minimum atomic E-state index is -0.0775. The zero-order valence-electron chi connectivity index (χ0n) is 20.5. The lowest BCUT2D eigenvalue weighted by Gasteiger charge is -2.40.